The smallest absolute Gasteiger partial charge is 0.380 e. The maximum absolute atomic E-state index is 6.33. The number of aromatic nitrogens is 1. The molecule has 4 nitrogen and oxygen atoms in total. The van der Waals surface area contributed by atoms with Crippen LogP contribution in [0.2, 0.25) is 0 Å². The second-order valence-corrected chi connectivity index (χ2v) is 7.97. The van der Waals surface area contributed by atoms with Crippen molar-refractivity contribution in [1.82, 2.24) is 0 Å². The van der Waals surface area contributed by atoms with E-state index >= 15 is 0 Å². The van der Waals surface area contributed by atoms with Crippen LogP contribution < -0.4 is 4.57 Å². The molecule has 0 radical (unpaired) electrons. The lowest BCUT2D eigenvalue weighted by Crippen LogP contribution is -2.32. The van der Waals surface area contributed by atoms with Crippen LogP contribution in [0.4, 0.5) is 0 Å². The van der Waals surface area contributed by atoms with Gasteiger partial charge in [0.1, 0.15) is 27.9 Å². The van der Waals surface area contributed by atoms with Crippen molar-refractivity contribution in [3.8, 4) is 17.0 Å². The molecular formula is C27H14NO3+. The van der Waals surface area contributed by atoms with Crippen molar-refractivity contribution in [2.45, 2.75) is 0 Å². The lowest BCUT2D eigenvalue weighted by Gasteiger charge is -2.18. The van der Waals surface area contributed by atoms with Gasteiger partial charge in [-0.05, 0) is 30.3 Å². The van der Waals surface area contributed by atoms with E-state index in [1.807, 2.05) is 60.7 Å². The van der Waals surface area contributed by atoms with Crippen molar-refractivity contribution in [3.05, 3.63) is 84.9 Å². The van der Waals surface area contributed by atoms with Crippen LogP contribution in [0.25, 0.3) is 72.1 Å². The second-order valence-electron chi connectivity index (χ2n) is 7.97. The molecule has 0 saturated carbocycles. The summed E-state index contributed by atoms with van der Waals surface area (Å²) < 4.78 is 21.1. The Morgan fingerprint density at radius 3 is 1.74 bits per heavy atom. The van der Waals surface area contributed by atoms with Gasteiger partial charge in [0, 0.05) is 23.1 Å². The molecule has 0 aliphatic carbocycles. The largest absolute Gasteiger partial charge is 0.456 e. The standard InChI is InChI=1S/C27H14NO3/c1-2-9-18-15(6-1)14-23(31-18)28-16-7-3-10-19-24(16)27-25-17(28)8-4-11-20(25)30-22-13-5-12-21(29-19)26(22)27/h1-14H/q+1. The zero-order chi connectivity index (χ0) is 20.1. The van der Waals surface area contributed by atoms with Crippen LogP contribution in [0.15, 0.2) is 98.2 Å². The molecule has 144 valence electrons. The normalized spacial score (nSPS) is 12.5. The van der Waals surface area contributed by atoms with Crippen LogP contribution >= 0.6 is 0 Å². The number of fused-ring (bicyclic) bond motifs is 1. The first-order valence-corrected chi connectivity index (χ1v) is 10.3. The number of para-hydroxylation sites is 1. The number of pyridine rings is 1. The zero-order valence-electron chi connectivity index (χ0n) is 16.3. The van der Waals surface area contributed by atoms with E-state index in [2.05, 4.69) is 28.8 Å². The summed E-state index contributed by atoms with van der Waals surface area (Å²) in [6.45, 7) is 0. The van der Waals surface area contributed by atoms with Gasteiger partial charge in [-0.1, -0.05) is 36.4 Å². The van der Waals surface area contributed by atoms with E-state index in [-0.39, 0.29) is 0 Å². The summed E-state index contributed by atoms with van der Waals surface area (Å²) in [7, 11) is 0. The summed E-state index contributed by atoms with van der Waals surface area (Å²) in [4.78, 5) is 0. The molecule has 2 aliphatic heterocycles. The summed E-state index contributed by atoms with van der Waals surface area (Å²) in [5.74, 6) is 0.770. The predicted octanol–water partition coefficient (Wildman–Crippen LogP) is 7.05. The molecule has 4 heteroatoms. The van der Waals surface area contributed by atoms with E-state index in [4.69, 9.17) is 13.3 Å². The minimum atomic E-state index is 0.770. The van der Waals surface area contributed by atoms with Gasteiger partial charge >= 0.3 is 5.88 Å². The number of furan rings is 1. The highest BCUT2D eigenvalue weighted by molar-refractivity contribution is 6.22. The molecule has 31 heavy (non-hydrogen) atoms. The lowest BCUT2D eigenvalue weighted by molar-refractivity contribution is -0.552. The number of hydrogen-bond donors (Lipinski definition) is 0. The van der Waals surface area contributed by atoms with E-state index in [1.165, 1.54) is 5.56 Å². The van der Waals surface area contributed by atoms with Crippen molar-refractivity contribution < 1.29 is 17.8 Å². The zero-order valence-corrected chi connectivity index (χ0v) is 16.3. The molecule has 4 heterocycles. The van der Waals surface area contributed by atoms with Crippen LogP contribution in [-0.2, 0) is 0 Å². The molecule has 0 amide bonds. The summed E-state index contributed by atoms with van der Waals surface area (Å²) in [6, 6.07) is 28.5. The SMILES string of the molecule is c1cc2oc3cccc4c3c3c5c(cccc5[n+]4-c4cc5ccccc5o4)oc(c1)c2-3. The Morgan fingerprint density at radius 1 is 0.484 bits per heavy atom. The first kappa shape index (κ1) is 15.5. The molecule has 0 spiro atoms. The molecule has 4 aromatic carbocycles. The third-order valence-corrected chi connectivity index (χ3v) is 6.30. The van der Waals surface area contributed by atoms with Gasteiger partial charge in [-0.25, -0.2) is 0 Å². The fourth-order valence-electron chi connectivity index (χ4n) is 5.07. The molecule has 6 aromatic rings. The topological polar surface area (TPSA) is 43.3 Å². The monoisotopic (exact) mass is 400 g/mol. The van der Waals surface area contributed by atoms with Crippen LogP contribution in [-0.4, -0.2) is 0 Å². The quantitative estimate of drug-likeness (QED) is 0.168. The maximum atomic E-state index is 6.33. The van der Waals surface area contributed by atoms with E-state index in [0.717, 1.165) is 66.6 Å². The van der Waals surface area contributed by atoms with Crippen LogP contribution in [0.5, 0.6) is 0 Å². The summed E-state index contributed by atoms with van der Waals surface area (Å²) in [5, 5.41) is 3.22. The van der Waals surface area contributed by atoms with Gasteiger partial charge in [-0.15, -0.1) is 4.57 Å². The molecule has 2 aromatic heterocycles. The third-order valence-electron chi connectivity index (χ3n) is 6.30. The average molecular weight is 400 g/mol. The highest BCUT2D eigenvalue weighted by Gasteiger charge is 2.32. The molecular weight excluding hydrogens is 386 g/mol. The fraction of sp³-hybridized carbons (Fsp3) is 0. The minimum Gasteiger partial charge on any atom is -0.456 e. The van der Waals surface area contributed by atoms with Crippen molar-refractivity contribution >= 4 is 55.1 Å². The van der Waals surface area contributed by atoms with E-state index < -0.39 is 0 Å². The number of hydrogen-bond acceptors (Lipinski definition) is 3. The van der Waals surface area contributed by atoms with Crippen molar-refractivity contribution in [1.29, 1.82) is 0 Å². The Labute approximate surface area is 175 Å². The second kappa shape index (κ2) is 5.24. The van der Waals surface area contributed by atoms with Crippen molar-refractivity contribution in [2.24, 2.45) is 0 Å². The van der Waals surface area contributed by atoms with Gasteiger partial charge in [0.2, 0.25) is 11.0 Å². The molecule has 0 N–H and O–H groups in total. The van der Waals surface area contributed by atoms with Crippen molar-refractivity contribution in [2.75, 3.05) is 0 Å². The Hall–Kier alpha value is -4.31. The van der Waals surface area contributed by atoms with Crippen LogP contribution in [0.3, 0.4) is 0 Å². The maximum Gasteiger partial charge on any atom is 0.380 e. The van der Waals surface area contributed by atoms with E-state index in [9.17, 15) is 0 Å². The molecule has 0 bridgehead atoms. The molecule has 0 atom stereocenters. The molecule has 2 aliphatic rings. The first-order valence-electron chi connectivity index (χ1n) is 10.3. The summed E-state index contributed by atoms with van der Waals surface area (Å²) in [6.07, 6.45) is 0. The number of benzene rings is 4. The number of rotatable bonds is 1. The van der Waals surface area contributed by atoms with Gasteiger partial charge < -0.3 is 13.3 Å². The summed E-state index contributed by atoms with van der Waals surface area (Å²) in [5.41, 5.74) is 8.49. The Kier molecular flexibility index (Phi) is 2.62. The van der Waals surface area contributed by atoms with Crippen LogP contribution in [0.1, 0.15) is 0 Å². The van der Waals surface area contributed by atoms with E-state index in [0.29, 0.717) is 0 Å². The van der Waals surface area contributed by atoms with Gasteiger partial charge in [0.25, 0.3) is 0 Å². The third kappa shape index (κ3) is 1.83. The molecule has 0 fully saturated rings. The summed E-state index contributed by atoms with van der Waals surface area (Å²) >= 11 is 0. The van der Waals surface area contributed by atoms with Crippen molar-refractivity contribution in [3.63, 3.8) is 0 Å². The Morgan fingerprint density at radius 2 is 1.06 bits per heavy atom. The molecule has 0 saturated heterocycles. The fourth-order valence-corrected chi connectivity index (χ4v) is 5.07. The van der Waals surface area contributed by atoms with Crippen LogP contribution in [0, 0.1) is 0 Å². The van der Waals surface area contributed by atoms with E-state index in [1.54, 1.807) is 0 Å². The van der Waals surface area contributed by atoms with Gasteiger partial charge in [0.05, 0.1) is 22.4 Å². The molecule has 8 rings (SSSR count). The Balaban J connectivity index is 1.70. The average Bonchev–Trinajstić information content (AvgIpc) is 3.23. The highest BCUT2D eigenvalue weighted by Crippen LogP contribution is 2.47. The minimum absolute atomic E-state index is 0.770. The van der Waals surface area contributed by atoms with Gasteiger partial charge in [-0.2, -0.15) is 0 Å². The highest BCUT2D eigenvalue weighted by atomic mass is 16.4. The van der Waals surface area contributed by atoms with Gasteiger partial charge in [0.15, 0.2) is 0 Å². The first-order chi connectivity index (χ1) is 15.4. The van der Waals surface area contributed by atoms with Gasteiger partial charge in [-0.3, -0.25) is 0 Å². The number of nitrogens with zero attached hydrogens (tertiary/aromatic N) is 1. The predicted molar refractivity (Wildman–Crippen MR) is 120 cm³/mol. The Bertz CT molecular complexity index is 1770. The molecule has 0 unspecified atom stereocenters. The lowest BCUT2D eigenvalue weighted by atomic mass is 9.92.